The molecule has 1 aliphatic rings. The highest BCUT2D eigenvalue weighted by Gasteiger charge is 2.44. The Morgan fingerprint density at radius 1 is 0.597 bits per heavy atom. The number of hydrogen-bond donors (Lipinski definition) is 9. The minimum absolute atomic E-state index is 0.0350. The monoisotopic (exact) mass is 1980 g/mol. The minimum Gasteiger partial charge on any atom is -0.445 e. The Labute approximate surface area is 818 Å². The number of primary amides is 1. The first-order chi connectivity index (χ1) is 66.5. The van der Waals surface area contributed by atoms with Gasteiger partial charge in [-0.25, -0.2) is 32.7 Å². The summed E-state index contributed by atoms with van der Waals surface area (Å²) in [6.07, 6.45) is 7.17. The molecule has 10 N–H and O–H groups in total. The summed E-state index contributed by atoms with van der Waals surface area (Å²) in [5, 5.41) is 30.2. The Morgan fingerprint density at radius 2 is 1.17 bits per heavy atom. The number of urea groups is 1. The summed E-state index contributed by atoms with van der Waals surface area (Å²) in [5.41, 5.74) is 8.30. The highest BCUT2D eigenvalue weighted by atomic mass is 32.2. The van der Waals surface area contributed by atoms with Gasteiger partial charge in [-0.05, 0) is 92.4 Å². The quantitative estimate of drug-likeness (QED) is 0.0165. The molecule has 0 radical (unpaired) electrons. The number of aromatic nitrogens is 5. The fraction of sp³-hybridized carbons (Fsp3) is 0.677. The molecule has 3 heterocycles. The van der Waals surface area contributed by atoms with Crippen molar-refractivity contribution in [3.63, 3.8) is 0 Å². The van der Waals surface area contributed by atoms with Gasteiger partial charge in [-0.2, -0.15) is 0 Å². The molecule has 43 heteroatoms. The molecule has 1 fully saturated rings. The van der Waals surface area contributed by atoms with Gasteiger partial charge in [0, 0.05) is 104 Å². The highest BCUT2D eigenvalue weighted by Crippen LogP contribution is 2.31. The average molecular weight is 1980 g/mol. The molecular formula is C96H153N17O25S. The Bertz CT molecular complexity index is 4510. The van der Waals surface area contributed by atoms with Crippen LogP contribution >= 0.6 is 0 Å². The lowest BCUT2D eigenvalue weighted by molar-refractivity contribution is -0.148. The van der Waals surface area contributed by atoms with E-state index in [4.69, 9.17) is 62.6 Å². The Kier molecular flexibility index (Phi) is 56.7. The van der Waals surface area contributed by atoms with E-state index in [2.05, 4.69) is 81.6 Å². The fourth-order valence-electron chi connectivity index (χ4n) is 15.2. The Balaban J connectivity index is 0.902. The number of likely N-dealkylation sites (N-methyl/N-ethyl adjacent to an activating group) is 2. The average Bonchev–Trinajstić information content (AvgIpc) is 1.78. The molecule has 42 nitrogen and oxygen atoms in total. The zero-order valence-corrected chi connectivity index (χ0v) is 84.7. The minimum atomic E-state index is -3.48. The first-order valence-electron chi connectivity index (χ1n) is 47.8. The number of amides is 12. The normalized spacial score (nSPS) is 15.0. The SMILES string of the molecule is CC[C@H](C)[C@@H]([C@@H](CC(=O)N1CCC[C@H]1[C@H](OC)[C@@H](C)C(=O)N[C@H](C)[C@@H](C)c1ccccc1)OC)N(C)C(=O)[C@@H](NC(=O)[C@H](C(C)C)N(C)C(=O)OCc1ccc(NC(=O)[C@H](CCCNC(N)=O)NC(=O)[C@@H](NC(=O)COCC(=O)NCCCOCCOCCOCCOCCOCCOCCOCCOCCn2cc(CNC(=O)CCCC#Cc3cnc(S(C)(=O)=O)nc3)nn2)C(C)C)cc1)C(C)C. The molecule has 0 spiro atoms. The van der Waals surface area contributed by atoms with E-state index in [9.17, 15) is 61.2 Å². The number of likely N-dealkylation sites (tertiary alicyclic amines) is 1. The second-order valence-electron chi connectivity index (χ2n) is 35.2. The maximum Gasteiger partial charge on any atom is 0.410 e. The summed E-state index contributed by atoms with van der Waals surface area (Å²) >= 11 is 0. The van der Waals surface area contributed by atoms with Crippen molar-refractivity contribution in [1.29, 1.82) is 0 Å². The predicted octanol–water partition coefficient (Wildman–Crippen LogP) is 4.64. The Morgan fingerprint density at radius 3 is 1.73 bits per heavy atom. The van der Waals surface area contributed by atoms with Crippen LogP contribution < -0.4 is 48.3 Å². The number of hydrogen-bond acceptors (Lipinski definition) is 29. The second kappa shape index (κ2) is 66.2. The molecule has 0 unspecified atom stereocenters. The summed E-state index contributed by atoms with van der Waals surface area (Å²) < 4.78 is 92.4. The van der Waals surface area contributed by atoms with Crippen LogP contribution in [0.15, 0.2) is 78.3 Å². The molecule has 5 rings (SSSR count). The zero-order valence-electron chi connectivity index (χ0n) is 83.9. The molecule has 1 saturated heterocycles. The number of nitrogens with one attached hydrogen (secondary N) is 8. The van der Waals surface area contributed by atoms with Crippen LogP contribution in [0.2, 0.25) is 0 Å². The first-order valence-corrected chi connectivity index (χ1v) is 49.7. The zero-order chi connectivity index (χ0) is 102. The molecule has 778 valence electrons. The third-order valence-electron chi connectivity index (χ3n) is 23.3. The number of rotatable bonds is 70. The van der Waals surface area contributed by atoms with E-state index < -0.39 is 143 Å². The van der Waals surface area contributed by atoms with Crippen LogP contribution in [0.25, 0.3) is 0 Å². The van der Waals surface area contributed by atoms with Gasteiger partial charge < -0.3 is 115 Å². The van der Waals surface area contributed by atoms with Crippen LogP contribution in [-0.2, 0) is 130 Å². The predicted molar refractivity (Wildman–Crippen MR) is 515 cm³/mol. The molecule has 4 aromatic rings. The van der Waals surface area contributed by atoms with E-state index in [0.717, 1.165) is 11.8 Å². The van der Waals surface area contributed by atoms with E-state index in [1.807, 2.05) is 58.0 Å². The molecular weight excluding hydrogens is 1820 g/mol. The number of ether oxygens (including phenoxy) is 12. The maximum absolute atomic E-state index is 14.9. The van der Waals surface area contributed by atoms with Crippen molar-refractivity contribution in [1.82, 2.24) is 76.9 Å². The molecule has 2 aromatic heterocycles. The van der Waals surface area contributed by atoms with Gasteiger partial charge in [-0.1, -0.05) is 135 Å². The van der Waals surface area contributed by atoms with Crippen LogP contribution in [0, 0.1) is 41.4 Å². The number of sulfone groups is 1. The molecule has 2 aromatic carbocycles. The van der Waals surface area contributed by atoms with Crippen LogP contribution in [-0.4, -0.2) is 341 Å². The number of anilines is 1. The van der Waals surface area contributed by atoms with Crippen LogP contribution in [0.3, 0.4) is 0 Å². The lowest BCUT2D eigenvalue weighted by atomic mass is 9.89. The molecule has 0 saturated carbocycles. The summed E-state index contributed by atoms with van der Waals surface area (Å²) in [4.78, 5) is 161. The molecule has 139 heavy (non-hydrogen) atoms. The summed E-state index contributed by atoms with van der Waals surface area (Å²) in [5.74, 6) is -0.324. The van der Waals surface area contributed by atoms with Crippen molar-refractivity contribution in [2.75, 3.05) is 178 Å². The number of carbonyl (C=O) groups excluding carboxylic acids is 11. The van der Waals surface area contributed by atoms with Crippen LogP contribution in [0.5, 0.6) is 0 Å². The number of methoxy groups -OCH3 is 2. The number of carbonyl (C=O) groups is 11. The topological polar surface area (TPSA) is 521 Å². The fourth-order valence-corrected chi connectivity index (χ4v) is 15.7. The van der Waals surface area contributed by atoms with Crippen molar-refractivity contribution >= 4 is 80.8 Å². The van der Waals surface area contributed by atoms with Crippen molar-refractivity contribution in [2.45, 2.75) is 226 Å². The summed E-state index contributed by atoms with van der Waals surface area (Å²) in [6.45, 7) is 26.8. The van der Waals surface area contributed by atoms with Crippen LogP contribution in [0.4, 0.5) is 15.3 Å². The first kappa shape index (κ1) is 119. The van der Waals surface area contributed by atoms with Gasteiger partial charge in [0.05, 0.1) is 161 Å². The third kappa shape index (κ3) is 45.3. The standard InChI is InChI=1S/C96H153N17O25S/c1-17-68(8)87(79(127-14)57-83(117)113-39-25-31-78(113)88(128-15)70(10)89(118)103-71(11)69(9)74-28-21-19-22-29-74)110(12)93(122)85(66(4)5)107-92(121)86(67(6)7)111(13)96(124)138-62-72-33-35-75(36-34-72)104-90(119)77(30-24-37-99-94(97)123)105-91(120)84(65(2)3)106-82(116)64-137-63-81(115)98-38-26-41-129-43-45-131-47-49-133-51-53-135-55-56-136-54-52-134-50-48-132-46-44-130-42-40-112-61-76(108-109-112)60-100-80(114)32-23-18-20-27-73-58-101-95(102-59-73)139(16,125)126/h19,21-22,28-29,33-36,58-59,61,65-71,77-79,84-88H,17-18,23-26,30-32,37-57,60,62-64H2,1-16H3,(H,98,115)(H,100,114)(H,103,118)(H,104,119)(H,105,120)(H,106,116)(H,107,121)(H3,97,99,123)/t68-,69+,70+,71+,77-,78-,79+,84-,85-,86-,87-,88+/m0/s1. The molecule has 0 bridgehead atoms. The van der Waals surface area contributed by atoms with E-state index in [-0.39, 0.29) is 92.7 Å². The van der Waals surface area contributed by atoms with Gasteiger partial charge >= 0.3 is 12.1 Å². The molecule has 0 aliphatic carbocycles. The summed E-state index contributed by atoms with van der Waals surface area (Å²) in [6, 6.07) is 9.85. The van der Waals surface area contributed by atoms with E-state index in [1.54, 1.807) is 101 Å². The molecule has 12 amide bonds. The van der Waals surface area contributed by atoms with Gasteiger partial charge in [0.2, 0.25) is 68.2 Å². The van der Waals surface area contributed by atoms with Crippen LogP contribution in [0.1, 0.15) is 169 Å². The highest BCUT2D eigenvalue weighted by molar-refractivity contribution is 7.90. The maximum atomic E-state index is 14.9. The summed E-state index contributed by atoms with van der Waals surface area (Å²) in [7, 11) is 2.67. The molecule has 1 aliphatic heterocycles. The molecule has 12 atom stereocenters. The van der Waals surface area contributed by atoms with E-state index in [0.29, 0.717) is 180 Å². The smallest absolute Gasteiger partial charge is 0.410 e. The van der Waals surface area contributed by atoms with Gasteiger partial charge in [0.1, 0.15) is 49.7 Å². The number of nitrogens with zero attached hydrogens (tertiary/aromatic N) is 8. The second-order valence-corrected chi connectivity index (χ2v) is 37.1. The number of benzene rings is 2. The third-order valence-corrected chi connectivity index (χ3v) is 24.1. The lowest BCUT2D eigenvalue weighted by Gasteiger charge is -2.41. The van der Waals surface area contributed by atoms with E-state index >= 15 is 0 Å². The largest absolute Gasteiger partial charge is 0.445 e. The van der Waals surface area contributed by atoms with Gasteiger partial charge in [0.15, 0.2) is 0 Å². The van der Waals surface area contributed by atoms with E-state index in [1.165, 1.54) is 31.5 Å². The Hall–Kier alpha value is -10.5. The van der Waals surface area contributed by atoms with Gasteiger partial charge in [-0.3, -0.25) is 48.1 Å². The van der Waals surface area contributed by atoms with Crippen molar-refractivity contribution in [3.05, 3.63) is 95.6 Å². The van der Waals surface area contributed by atoms with Crippen molar-refractivity contribution in [3.8, 4) is 11.8 Å². The lowest BCUT2D eigenvalue weighted by Crippen LogP contribution is -2.60. The van der Waals surface area contributed by atoms with Crippen molar-refractivity contribution in [2.24, 2.45) is 35.3 Å². The number of nitrogens with two attached hydrogens (primary N) is 1. The van der Waals surface area contributed by atoms with Gasteiger partial charge in [0.25, 0.3) is 0 Å². The number of unbranched alkanes of at least 4 members (excludes halogenated alkanes) is 1. The van der Waals surface area contributed by atoms with Gasteiger partial charge in [-0.15, -0.1) is 5.10 Å². The van der Waals surface area contributed by atoms with Crippen molar-refractivity contribution < 1.29 is 118 Å².